The van der Waals surface area contributed by atoms with E-state index in [2.05, 4.69) is 34.7 Å². The first-order valence-corrected chi connectivity index (χ1v) is 4.75. The number of fused-ring (bicyclic) bond motifs is 3. The van der Waals surface area contributed by atoms with E-state index in [1.807, 2.05) is 0 Å². The second-order valence-electron chi connectivity index (χ2n) is 3.56. The summed E-state index contributed by atoms with van der Waals surface area (Å²) in [5.74, 6) is 0. The summed E-state index contributed by atoms with van der Waals surface area (Å²) in [5, 5.41) is 5.83. The van der Waals surface area contributed by atoms with Gasteiger partial charge >= 0.3 is 0 Å². The van der Waals surface area contributed by atoms with Crippen molar-refractivity contribution in [2.75, 3.05) is 6.54 Å². The number of H-pyrrole nitrogens is 1. The van der Waals surface area contributed by atoms with Gasteiger partial charge < -0.3 is 10.3 Å². The van der Waals surface area contributed by atoms with Crippen molar-refractivity contribution in [1.29, 1.82) is 0 Å². The number of hydrogen-bond acceptors (Lipinski definition) is 1. The molecule has 0 aromatic carbocycles. The van der Waals surface area contributed by atoms with Crippen LogP contribution in [0.4, 0.5) is 0 Å². The molecule has 13 heavy (non-hydrogen) atoms. The summed E-state index contributed by atoms with van der Waals surface area (Å²) in [6, 6.07) is 0. The van der Waals surface area contributed by atoms with E-state index in [4.69, 9.17) is 0 Å². The van der Waals surface area contributed by atoms with E-state index in [0.717, 1.165) is 19.4 Å². The summed E-state index contributed by atoms with van der Waals surface area (Å²) >= 11 is 0. The minimum absolute atomic E-state index is 1.07. The zero-order valence-electron chi connectivity index (χ0n) is 7.43. The first-order valence-electron chi connectivity index (χ1n) is 4.75. The monoisotopic (exact) mass is 172 g/mol. The van der Waals surface area contributed by atoms with E-state index in [-0.39, 0.29) is 0 Å². The molecule has 2 heterocycles. The Morgan fingerprint density at radius 1 is 1.15 bits per heavy atom. The standard InChI is InChI=1S/C11H12N2/c1-2-4-10-8(3-1)9-5-6-12-7-11(9)13-10/h1-2,4,7,12-13H,3,5-6H2. The van der Waals surface area contributed by atoms with E-state index in [1.165, 1.54) is 21.8 Å². The molecule has 1 aliphatic carbocycles. The minimum Gasteiger partial charge on any atom is -0.389 e. The van der Waals surface area contributed by atoms with Crippen molar-refractivity contribution >= 4 is 12.3 Å². The maximum absolute atomic E-state index is 3.43. The van der Waals surface area contributed by atoms with Gasteiger partial charge in [-0.3, -0.25) is 0 Å². The van der Waals surface area contributed by atoms with Crippen molar-refractivity contribution in [2.24, 2.45) is 0 Å². The van der Waals surface area contributed by atoms with E-state index >= 15 is 0 Å². The number of aromatic amines is 1. The van der Waals surface area contributed by atoms with Crippen LogP contribution in [0.5, 0.6) is 0 Å². The molecule has 0 amide bonds. The Morgan fingerprint density at radius 3 is 3.15 bits per heavy atom. The Kier molecular flexibility index (Phi) is 1.36. The Morgan fingerprint density at radius 2 is 2.15 bits per heavy atom. The van der Waals surface area contributed by atoms with Crippen LogP contribution in [0, 0.1) is 0 Å². The molecule has 1 aromatic rings. The molecule has 0 radical (unpaired) electrons. The normalized spacial score (nSPS) is 17.8. The second kappa shape index (κ2) is 2.52. The van der Waals surface area contributed by atoms with Crippen LogP contribution in [0.15, 0.2) is 12.2 Å². The number of rotatable bonds is 0. The molecule has 0 spiro atoms. The molecule has 0 saturated heterocycles. The third-order valence-corrected chi connectivity index (χ3v) is 2.77. The lowest BCUT2D eigenvalue weighted by molar-refractivity contribution is 0.825. The zero-order valence-corrected chi connectivity index (χ0v) is 7.43. The van der Waals surface area contributed by atoms with Gasteiger partial charge in [-0.2, -0.15) is 0 Å². The van der Waals surface area contributed by atoms with Crippen LogP contribution in [0.3, 0.4) is 0 Å². The van der Waals surface area contributed by atoms with Gasteiger partial charge in [0.1, 0.15) is 0 Å². The van der Waals surface area contributed by atoms with Gasteiger partial charge in [-0.15, -0.1) is 0 Å². The number of aromatic nitrogens is 1. The van der Waals surface area contributed by atoms with Gasteiger partial charge in [0.2, 0.25) is 0 Å². The number of nitrogens with one attached hydrogen (secondary N) is 2. The van der Waals surface area contributed by atoms with Crippen molar-refractivity contribution in [1.82, 2.24) is 10.3 Å². The van der Waals surface area contributed by atoms with Crippen molar-refractivity contribution in [3.63, 3.8) is 0 Å². The van der Waals surface area contributed by atoms with Gasteiger partial charge in [0.15, 0.2) is 0 Å². The van der Waals surface area contributed by atoms with Gasteiger partial charge in [-0.1, -0.05) is 12.2 Å². The zero-order chi connectivity index (χ0) is 8.67. The van der Waals surface area contributed by atoms with E-state index < -0.39 is 0 Å². The minimum atomic E-state index is 1.07. The molecule has 0 unspecified atom stereocenters. The quantitative estimate of drug-likeness (QED) is 0.557. The van der Waals surface area contributed by atoms with Crippen LogP contribution in [-0.4, -0.2) is 11.5 Å². The fraction of sp³-hybridized carbons (Fsp3) is 0.273. The van der Waals surface area contributed by atoms with Crippen LogP contribution in [0.25, 0.3) is 12.3 Å². The van der Waals surface area contributed by atoms with Gasteiger partial charge in [-0.05, 0) is 30.0 Å². The fourth-order valence-electron chi connectivity index (χ4n) is 2.13. The molecule has 3 rings (SSSR count). The lowest BCUT2D eigenvalue weighted by Gasteiger charge is -2.08. The maximum Gasteiger partial charge on any atom is 0.0580 e. The molecule has 0 saturated carbocycles. The summed E-state index contributed by atoms with van der Waals surface area (Å²) in [7, 11) is 0. The first-order chi connectivity index (χ1) is 6.45. The van der Waals surface area contributed by atoms with Crippen LogP contribution in [-0.2, 0) is 12.8 Å². The van der Waals surface area contributed by atoms with Crippen molar-refractivity contribution < 1.29 is 0 Å². The summed E-state index contributed by atoms with van der Waals surface area (Å²) in [6.45, 7) is 1.07. The van der Waals surface area contributed by atoms with E-state index in [0.29, 0.717) is 0 Å². The highest BCUT2D eigenvalue weighted by Gasteiger charge is 2.11. The largest absolute Gasteiger partial charge is 0.389 e. The molecule has 1 aliphatic heterocycles. The second-order valence-corrected chi connectivity index (χ2v) is 3.56. The Labute approximate surface area is 76.7 Å². The summed E-state index contributed by atoms with van der Waals surface area (Å²) in [5.41, 5.74) is 3.00. The van der Waals surface area contributed by atoms with Gasteiger partial charge in [0.05, 0.1) is 5.35 Å². The molecule has 2 N–H and O–H groups in total. The number of hydrogen-bond donors (Lipinski definition) is 2. The Hall–Kier alpha value is -1.44. The smallest absolute Gasteiger partial charge is 0.0580 e. The fourth-order valence-corrected chi connectivity index (χ4v) is 2.13. The molecule has 2 heteroatoms. The number of allylic oxidation sites excluding steroid dienone is 2. The lowest BCUT2D eigenvalue weighted by atomic mass is 10.0. The Bertz CT molecular complexity index is 477. The van der Waals surface area contributed by atoms with Gasteiger partial charge in [-0.25, -0.2) is 0 Å². The SMILES string of the molecule is C1=CCc2c3c([nH]c2=C1)=CNCC3. The molecule has 1 aromatic heterocycles. The van der Waals surface area contributed by atoms with Crippen LogP contribution in [0.2, 0.25) is 0 Å². The topological polar surface area (TPSA) is 27.8 Å². The summed E-state index contributed by atoms with van der Waals surface area (Å²) in [6.07, 6.45) is 10.8. The van der Waals surface area contributed by atoms with Crippen LogP contribution < -0.4 is 16.0 Å². The maximum atomic E-state index is 3.43. The van der Waals surface area contributed by atoms with Crippen molar-refractivity contribution in [3.8, 4) is 0 Å². The van der Waals surface area contributed by atoms with E-state index in [1.54, 1.807) is 0 Å². The summed E-state index contributed by atoms with van der Waals surface area (Å²) in [4.78, 5) is 3.43. The first kappa shape index (κ1) is 7.01. The molecular weight excluding hydrogens is 160 g/mol. The average molecular weight is 172 g/mol. The highest BCUT2D eigenvalue weighted by molar-refractivity contribution is 5.47. The lowest BCUT2D eigenvalue weighted by Crippen LogP contribution is -2.25. The summed E-state index contributed by atoms with van der Waals surface area (Å²) < 4.78 is 0. The highest BCUT2D eigenvalue weighted by atomic mass is 14.9. The van der Waals surface area contributed by atoms with Crippen molar-refractivity contribution in [2.45, 2.75) is 12.8 Å². The van der Waals surface area contributed by atoms with Crippen LogP contribution in [0.1, 0.15) is 11.1 Å². The van der Waals surface area contributed by atoms with Gasteiger partial charge in [0, 0.05) is 18.1 Å². The van der Waals surface area contributed by atoms with Gasteiger partial charge in [0.25, 0.3) is 0 Å². The molecule has 0 fully saturated rings. The van der Waals surface area contributed by atoms with Crippen molar-refractivity contribution in [3.05, 3.63) is 34.0 Å². The third kappa shape index (κ3) is 0.949. The van der Waals surface area contributed by atoms with Crippen LogP contribution >= 0.6 is 0 Å². The average Bonchev–Trinajstić information content (AvgIpc) is 2.56. The molecule has 0 atom stereocenters. The predicted octanol–water partition coefficient (Wildman–Crippen LogP) is -0.209. The molecule has 66 valence electrons. The van der Waals surface area contributed by atoms with E-state index in [9.17, 15) is 0 Å². The molecule has 2 aliphatic rings. The third-order valence-electron chi connectivity index (χ3n) is 2.77. The molecule has 2 nitrogen and oxygen atoms in total. The predicted molar refractivity (Wildman–Crippen MR) is 53.5 cm³/mol. The highest BCUT2D eigenvalue weighted by Crippen LogP contribution is 2.06. The molecule has 0 bridgehead atoms. The molecular formula is C11H12N2. The Balaban J connectivity index is 2.36.